The standard InChI is InChI=1S/C20H20N2O5S/c1-3-15-5-4-6-17(13-15)22(14-19(23)21-2)28(26,27)18-10-7-16(8-11-18)9-12-20(24)25/h1,4-8,10-11,13H,9,12,14H2,2H3,(H,21,23)(H,24,25). The van der Waals surface area contributed by atoms with Crippen molar-refractivity contribution in [3.8, 4) is 12.3 Å². The van der Waals surface area contributed by atoms with Crippen LogP contribution >= 0.6 is 0 Å². The van der Waals surface area contributed by atoms with Gasteiger partial charge in [0.25, 0.3) is 10.0 Å². The van der Waals surface area contributed by atoms with Gasteiger partial charge in [0.1, 0.15) is 6.54 Å². The monoisotopic (exact) mass is 400 g/mol. The quantitative estimate of drug-likeness (QED) is 0.656. The molecular formula is C20H20N2O5S. The van der Waals surface area contributed by atoms with Crippen molar-refractivity contribution in [3.05, 3.63) is 59.7 Å². The van der Waals surface area contributed by atoms with Gasteiger partial charge in [-0.25, -0.2) is 8.42 Å². The number of nitrogens with one attached hydrogen (secondary N) is 1. The molecule has 0 atom stereocenters. The first-order valence-corrected chi connectivity index (χ1v) is 9.82. The Hall–Kier alpha value is -3.31. The lowest BCUT2D eigenvalue weighted by atomic mass is 10.1. The van der Waals surface area contributed by atoms with Crippen LogP contribution in [-0.4, -0.2) is 39.0 Å². The summed E-state index contributed by atoms with van der Waals surface area (Å²) in [5, 5.41) is 11.2. The molecule has 2 aromatic rings. The minimum atomic E-state index is -4.04. The van der Waals surface area contributed by atoms with E-state index in [1.807, 2.05) is 0 Å². The maximum absolute atomic E-state index is 13.2. The van der Waals surface area contributed by atoms with Crippen LogP contribution in [0.25, 0.3) is 0 Å². The van der Waals surface area contributed by atoms with Gasteiger partial charge in [0, 0.05) is 19.0 Å². The van der Waals surface area contributed by atoms with Crippen molar-refractivity contribution in [3.63, 3.8) is 0 Å². The first-order valence-electron chi connectivity index (χ1n) is 8.38. The molecule has 146 valence electrons. The number of nitrogens with zero attached hydrogens (tertiary/aromatic N) is 1. The van der Waals surface area contributed by atoms with Crippen molar-refractivity contribution in [2.45, 2.75) is 17.7 Å². The number of carboxylic acid groups (broad SMARTS) is 1. The number of hydrogen-bond donors (Lipinski definition) is 2. The Morgan fingerprint density at radius 3 is 2.43 bits per heavy atom. The summed E-state index contributed by atoms with van der Waals surface area (Å²) in [5.41, 5.74) is 1.46. The number of anilines is 1. The molecule has 0 unspecified atom stereocenters. The van der Waals surface area contributed by atoms with Crippen LogP contribution in [0.2, 0.25) is 0 Å². The summed E-state index contributed by atoms with van der Waals surface area (Å²) in [6, 6.07) is 12.3. The topological polar surface area (TPSA) is 104 Å². The second-order valence-electron chi connectivity index (χ2n) is 5.92. The summed E-state index contributed by atoms with van der Waals surface area (Å²) < 4.78 is 27.3. The molecule has 7 nitrogen and oxygen atoms in total. The Labute approximate surface area is 164 Å². The predicted molar refractivity (Wildman–Crippen MR) is 105 cm³/mol. The molecular weight excluding hydrogens is 380 g/mol. The average Bonchev–Trinajstić information content (AvgIpc) is 2.70. The highest BCUT2D eigenvalue weighted by Gasteiger charge is 2.27. The van der Waals surface area contributed by atoms with Gasteiger partial charge in [0.15, 0.2) is 0 Å². The number of carbonyl (C=O) groups excluding carboxylic acids is 1. The molecule has 8 heteroatoms. The van der Waals surface area contributed by atoms with Crippen LogP contribution in [0, 0.1) is 12.3 Å². The van der Waals surface area contributed by atoms with Crippen molar-refractivity contribution < 1.29 is 23.1 Å². The molecule has 28 heavy (non-hydrogen) atoms. The number of hydrogen-bond acceptors (Lipinski definition) is 4. The van der Waals surface area contributed by atoms with Gasteiger partial charge < -0.3 is 10.4 Å². The first kappa shape index (κ1) is 21.0. The number of benzene rings is 2. The maximum Gasteiger partial charge on any atom is 0.303 e. The van der Waals surface area contributed by atoms with Gasteiger partial charge in [-0.15, -0.1) is 6.42 Å². The third kappa shape index (κ3) is 5.11. The van der Waals surface area contributed by atoms with Crippen molar-refractivity contribution in [1.29, 1.82) is 0 Å². The van der Waals surface area contributed by atoms with Crippen LogP contribution in [-0.2, 0) is 26.0 Å². The smallest absolute Gasteiger partial charge is 0.303 e. The third-order valence-corrected chi connectivity index (χ3v) is 5.79. The number of likely N-dealkylation sites (N-methyl/N-ethyl adjacent to an activating group) is 1. The molecule has 0 bridgehead atoms. The van der Waals surface area contributed by atoms with Crippen molar-refractivity contribution in [1.82, 2.24) is 5.32 Å². The van der Waals surface area contributed by atoms with E-state index in [0.29, 0.717) is 17.5 Å². The van der Waals surface area contributed by atoms with E-state index in [0.717, 1.165) is 4.31 Å². The molecule has 0 fully saturated rings. The Morgan fingerprint density at radius 1 is 1.18 bits per heavy atom. The highest BCUT2D eigenvalue weighted by molar-refractivity contribution is 7.92. The highest BCUT2D eigenvalue weighted by atomic mass is 32.2. The van der Waals surface area contributed by atoms with Crippen molar-refractivity contribution in [2.24, 2.45) is 0 Å². The van der Waals surface area contributed by atoms with E-state index in [4.69, 9.17) is 11.5 Å². The summed E-state index contributed by atoms with van der Waals surface area (Å²) in [5.74, 6) is 1.03. The fourth-order valence-electron chi connectivity index (χ4n) is 2.48. The number of carbonyl (C=O) groups is 2. The normalized spacial score (nSPS) is 10.7. The summed E-state index contributed by atoms with van der Waals surface area (Å²) in [6.07, 6.45) is 5.64. The number of sulfonamides is 1. The van der Waals surface area contributed by atoms with E-state index >= 15 is 0 Å². The van der Waals surface area contributed by atoms with Crippen LogP contribution in [0.3, 0.4) is 0 Å². The number of amides is 1. The van der Waals surface area contributed by atoms with Gasteiger partial charge in [-0.3, -0.25) is 13.9 Å². The Kier molecular flexibility index (Phi) is 6.79. The zero-order valence-electron chi connectivity index (χ0n) is 15.3. The van der Waals surface area contributed by atoms with Gasteiger partial charge in [-0.1, -0.05) is 24.1 Å². The van der Waals surface area contributed by atoms with Crippen LogP contribution in [0.1, 0.15) is 17.5 Å². The Balaban J connectivity index is 2.41. The van der Waals surface area contributed by atoms with Gasteiger partial charge in [0.2, 0.25) is 5.91 Å². The minimum Gasteiger partial charge on any atom is -0.481 e. The van der Waals surface area contributed by atoms with Crippen LogP contribution < -0.4 is 9.62 Å². The molecule has 2 N–H and O–H groups in total. The fraction of sp³-hybridized carbons (Fsp3) is 0.200. The number of terminal acetylenes is 1. The second-order valence-corrected chi connectivity index (χ2v) is 7.78. The van der Waals surface area contributed by atoms with Gasteiger partial charge in [-0.05, 0) is 42.3 Å². The maximum atomic E-state index is 13.2. The van der Waals surface area contributed by atoms with Gasteiger partial charge in [-0.2, -0.15) is 0 Å². The van der Waals surface area contributed by atoms with E-state index in [1.165, 1.54) is 25.2 Å². The highest BCUT2D eigenvalue weighted by Crippen LogP contribution is 2.25. The van der Waals surface area contributed by atoms with Crippen LogP contribution in [0.15, 0.2) is 53.4 Å². The molecule has 0 aromatic heterocycles. The number of rotatable bonds is 8. The lowest BCUT2D eigenvalue weighted by molar-refractivity contribution is -0.137. The molecule has 2 rings (SSSR count). The lowest BCUT2D eigenvalue weighted by Gasteiger charge is -2.24. The average molecular weight is 400 g/mol. The van der Waals surface area contributed by atoms with Crippen LogP contribution in [0.5, 0.6) is 0 Å². The lowest BCUT2D eigenvalue weighted by Crippen LogP contribution is -2.39. The van der Waals surface area contributed by atoms with Crippen molar-refractivity contribution in [2.75, 3.05) is 17.9 Å². The number of carboxylic acids is 1. The summed E-state index contributed by atoms with van der Waals surface area (Å²) in [4.78, 5) is 22.6. The SMILES string of the molecule is C#Cc1cccc(N(CC(=O)NC)S(=O)(=O)c2ccc(CCC(=O)O)cc2)c1. The summed E-state index contributed by atoms with van der Waals surface area (Å²) in [6.45, 7) is -0.409. The summed E-state index contributed by atoms with van der Waals surface area (Å²) >= 11 is 0. The van der Waals surface area contributed by atoms with Crippen molar-refractivity contribution >= 4 is 27.6 Å². The molecule has 0 aliphatic carbocycles. The van der Waals surface area contributed by atoms with E-state index in [9.17, 15) is 18.0 Å². The zero-order valence-corrected chi connectivity index (χ0v) is 16.1. The van der Waals surface area contributed by atoms with Crippen LogP contribution in [0.4, 0.5) is 5.69 Å². The Bertz CT molecular complexity index is 1010. The molecule has 2 aromatic carbocycles. The molecule has 1 amide bonds. The van der Waals surface area contributed by atoms with E-state index in [-0.39, 0.29) is 17.0 Å². The van der Waals surface area contributed by atoms with E-state index in [1.54, 1.807) is 30.3 Å². The van der Waals surface area contributed by atoms with Gasteiger partial charge in [0.05, 0.1) is 10.6 Å². The Morgan fingerprint density at radius 2 is 1.86 bits per heavy atom. The zero-order chi connectivity index (χ0) is 20.7. The third-order valence-electron chi connectivity index (χ3n) is 4.01. The van der Waals surface area contributed by atoms with Gasteiger partial charge >= 0.3 is 5.97 Å². The first-order chi connectivity index (χ1) is 13.3. The molecule has 0 saturated heterocycles. The van der Waals surface area contributed by atoms with E-state index < -0.39 is 28.4 Å². The second kappa shape index (κ2) is 9.06. The number of aliphatic carboxylic acids is 1. The summed E-state index contributed by atoms with van der Waals surface area (Å²) in [7, 11) is -2.63. The molecule has 0 aliphatic heterocycles. The fourth-order valence-corrected chi connectivity index (χ4v) is 3.89. The van der Waals surface area contributed by atoms with E-state index in [2.05, 4.69) is 11.2 Å². The predicted octanol–water partition coefficient (Wildman–Crippen LogP) is 1.63. The molecule has 0 heterocycles. The molecule has 0 radical (unpaired) electrons. The number of aryl methyl sites for hydroxylation is 1. The molecule has 0 spiro atoms. The largest absolute Gasteiger partial charge is 0.481 e. The molecule has 0 saturated carbocycles. The minimum absolute atomic E-state index is 0.0124. The molecule has 0 aliphatic rings.